The summed E-state index contributed by atoms with van der Waals surface area (Å²) in [6.45, 7) is 1.51. The van der Waals surface area contributed by atoms with Gasteiger partial charge in [0.05, 0.1) is 11.4 Å². The first-order valence-electron chi connectivity index (χ1n) is 6.55. The van der Waals surface area contributed by atoms with E-state index in [1.807, 2.05) is 31.2 Å². The van der Waals surface area contributed by atoms with Crippen LogP contribution in [0.4, 0.5) is 5.69 Å². The van der Waals surface area contributed by atoms with Crippen molar-refractivity contribution in [2.75, 3.05) is 12.0 Å². The van der Waals surface area contributed by atoms with E-state index in [1.54, 1.807) is 24.3 Å². The van der Waals surface area contributed by atoms with Gasteiger partial charge in [0, 0.05) is 5.02 Å². The highest BCUT2D eigenvalue weighted by molar-refractivity contribution is 6.30. The molecular weight excluding hydrogens is 304 g/mol. The van der Waals surface area contributed by atoms with Crippen LogP contribution in [0, 0.1) is 0 Å². The Hall–Kier alpha value is -2.53. The summed E-state index contributed by atoms with van der Waals surface area (Å²) < 4.78 is 5.08. The minimum atomic E-state index is -1.01. The lowest BCUT2D eigenvalue weighted by molar-refractivity contribution is -0.139. The maximum atomic E-state index is 10.4. The molecule has 0 radical (unpaired) electrons. The van der Waals surface area contributed by atoms with Gasteiger partial charge in [-0.3, -0.25) is 5.43 Å². The van der Waals surface area contributed by atoms with Crippen molar-refractivity contribution < 1.29 is 14.6 Å². The van der Waals surface area contributed by atoms with Gasteiger partial charge in [-0.1, -0.05) is 11.6 Å². The number of carboxylic acid groups (broad SMARTS) is 1. The summed E-state index contributed by atoms with van der Waals surface area (Å²) in [5, 5.41) is 13.5. The number of ether oxygens (including phenoxy) is 1. The first-order chi connectivity index (χ1) is 10.5. The minimum absolute atomic E-state index is 0.357. The molecule has 22 heavy (non-hydrogen) atoms. The van der Waals surface area contributed by atoms with Crippen LogP contribution in [0.1, 0.15) is 12.5 Å². The van der Waals surface area contributed by atoms with Crippen molar-refractivity contribution in [3.05, 3.63) is 59.1 Å². The average molecular weight is 319 g/mol. The van der Waals surface area contributed by atoms with E-state index >= 15 is 0 Å². The Morgan fingerprint density at radius 3 is 2.41 bits per heavy atom. The predicted molar refractivity (Wildman–Crippen MR) is 86.9 cm³/mol. The van der Waals surface area contributed by atoms with Crippen molar-refractivity contribution in [3.63, 3.8) is 0 Å². The fourth-order valence-corrected chi connectivity index (χ4v) is 1.80. The third-order valence-electron chi connectivity index (χ3n) is 2.83. The maximum absolute atomic E-state index is 10.4. The summed E-state index contributed by atoms with van der Waals surface area (Å²) in [6.07, 6.45) is 0. The smallest absolute Gasteiger partial charge is 0.341 e. The molecule has 5 nitrogen and oxygen atoms in total. The lowest BCUT2D eigenvalue weighted by Gasteiger charge is -2.06. The number of halogens is 1. The number of hydrazone groups is 1. The molecule has 6 heteroatoms. The molecule has 0 saturated heterocycles. The van der Waals surface area contributed by atoms with Crippen molar-refractivity contribution in [2.24, 2.45) is 5.10 Å². The topological polar surface area (TPSA) is 70.9 Å². The van der Waals surface area contributed by atoms with E-state index in [-0.39, 0.29) is 6.61 Å². The van der Waals surface area contributed by atoms with Crippen LogP contribution in [0.2, 0.25) is 5.02 Å². The van der Waals surface area contributed by atoms with Gasteiger partial charge in [0.25, 0.3) is 0 Å². The lowest BCUT2D eigenvalue weighted by Crippen LogP contribution is -2.09. The van der Waals surface area contributed by atoms with Gasteiger partial charge in [0.2, 0.25) is 0 Å². The van der Waals surface area contributed by atoms with Crippen molar-refractivity contribution >= 4 is 29.0 Å². The summed E-state index contributed by atoms with van der Waals surface area (Å²) in [7, 11) is 0. The van der Waals surface area contributed by atoms with Crippen molar-refractivity contribution in [1.29, 1.82) is 0 Å². The predicted octanol–water partition coefficient (Wildman–Crippen LogP) is 3.64. The van der Waals surface area contributed by atoms with Crippen LogP contribution in [0.3, 0.4) is 0 Å². The molecule has 0 unspecified atom stereocenters. The molecule has 2 aromatic rings. The van der Waals surface area contributed by atoms with Crippen LogP contribution < -0.4 is 10.2 Å². The molecule has 114 valence electrons. The molecule has 0 spiro atoms. The molecule has 0 amide bonds. The van der Waals surface area contributed by atoms with Gasteiger partial charge in [0.1, 0.15) is 5.75 Å². The molecule has 0 atom stereocenters. The monoisotopic (exact) mass is 318 g/mol. The van der Waals surface area contributed by atoms with Crippen LogP contribution in [0.25, 0.3) is 0 Å². The zero-order chi connectivity index (χ0) is 15.9. The Labute approximate surface area is 133 Å². The highest BCUT2D eigenvalue weighted by atomic mass is 35.5. The SMILES string of the molecule is C/C(=N/Nc1ccc(Cl)cc1)c1ccc(OCC(=O)O)cc1. The van der Waals surface area contributed by atoms with E-state index in [9.17, 15) is 4.79 Å². The van der Waals surface area contributed by atoms with Gasteiger partial charge in [-0.2, -0.15) is 5.10 Å². The number of hydrogen-bond acceptors (Lipinski definition) is 4. The largest absolute Gasteiger partial charge is 0.482 e. The third kappa shape index (κ3) is 4.79. The van der Waals surface area contributed by atoms with Gasteiger partial charge in [0.15, 0.2) is 6.61 Å². The molecule has 0 aromatic heterocycles. The molecule has 0 bridgehead atoms. The second kappa shape index (κ2) is 7.47. The Kier molecular flexibility index (Phi) is 5.38. The van der Waals surface area contributed by atoms with Gasteiger partial charge in [-0.05, 0) is 61.0 Å². The summed E-state index contributed by atoms with van der Waals surface area (Å²) in [6, 6.07) is 14.3. The van der Waals surface area contributed by atoms with Crippen LogP contribution >= 0.6 is 11.6 Å². The number of hydrogen-bond donors (Lipinski definition) is 2. The van der Waals surface area contributed by atoms with Crippen LogP contribution in [-0.2, 0) is 4.79 Å². The molecule has 0 aliphatic heterocycles. The lowest BCUT2D eigenvalue weighted by atomic mass is 10.1. The second-order valence-corrected chi connectivity index (χ2v) is 4.96. The molecule has 0 saturated carbocycles. The normalized spacial score (nSPS) is 11.1. The Balaban J connectivity index is 1.99. The van der Waals surface area contributed by atoms with E-state index in [0.717, 1.165) is 17.0 Å². The van der Waals surface area contributed by atoms with E-state index in [2.05, 4.69) is 10.5 Å². The van der Waals surface area contributed by atoms with Crippen LogP contribution in [-0.4, -0.2) is 23.4 Å². The summed E-state index contributed by atoms with van der Waals surface area (Å²) in [5.41, 5.74) is 5.48. The molecule has 0 aliphatic carbocycles. The summed E-state index contributed by atoms with van der Waals surface area (Å²) in [4.78, 5) is 10.4. The zero-order valence-electron chi connectivity index (χ0n) is 11.9. The number of nitrogens with one attached hydrogen (secondary N) is 1. The molecule has 0 heterocycles. The first-order valence-corrected chi connectivity index (χ1v) is 6.93. The van der Waals surface area contributed by atoms with E-state index in [1.165, 1.54) is 0 Å². The highest BCUT2D eigenvalue weighted by Crippen LogP contribution is 2.15. The maximum Gasteiger partial charge on any atom is 0.341 e. The zero-order valence-corrected chi connectivity index (χ0v) is 12.7. The van der Waals surface area contributed by atoms with Crippen molar-refractivity contribution in [2.45, 2.75) is 6.92 Å². The molecule has 2 N–H and O–H groups in total. The van der Waals surface area contributed by atoms with Gasteiger partial charge >= 0.3 is 5.97 Å². The van der Waals surface area contributed by atoms with Gasteiger partial charge in [-0.25, -0.2) is 4.79 Å². The fourth-order valence-electron chi connectivity index (χ4n) is 1.67. The van der Waals surface area contributed by atoms with E-state index < -0.39 is 5.97 Å². The highest BCUT2D eigenvalue weighted by Gasteiger charge is 2.01. The van der Waals surface area contributed by atoms with Crippen molar-refractivity contribution in [1.82, 2.24) is 0 Å². The quantitative estimate of drug-likeness (QED) is 0.630. The van der Waals surface area contributed by atoms with E-state index in [4.69, 9.17) is 21.4 Å². The van der Waals surface area contributed by atoms with Crippen LogP contribution in [0.5, 0.6) is 5.75 Å². The third-order valence-corrected chi connectivity index (χ3v) is 3.08. The average Bonchev–Trinajstić information content (AvgIpc) is 2.52. The van der Waals surface area contributed by atoms with E-state index in [0.29, 0.717) is 10.8 Å². The first kappa shape index (κ1) is 15.9. The standard InChI is InChI=1S/C16H15ClN2O3/c1-11(18-19-14-6-4-13(17)5-7-14)12-2-8-15(9-3-12)22-10-16(20)21/h2-9,19H,10H2,1H3,(H,20,21)/b18-11-. The van der Waals surface area contributed by atoms with Gasteiger partial charge < -0.3 is 9.84 Å². The molecule has 2 aromatic carbocycles. The number of nitrogens with zero attached hydrogens (tertiary/aromatic N) is 1. The number of carbonyl (C=O) groups is 1. The summed E-state index contributed by atoms with van der Waals surface area (Å²) >= 11 is 5.82. The second-order valence-electron chi connectivity index (χ2n) is 4.52. The fraction of sp³-hybridized carbons (Fsp3) is 0.125. The molecule has 0 aliphatic rings. The number of aliphatic carboxylic acids is 1. The van der Waals surface area contributed by atoms with Gasteiger partial charge in [-0.15, -0.1) is 0 Å². The Morgan fingerprint density at radius 1 is 1.18 bits per heavy atom. The Morgan fingerprint density at radius 2 is 1.82 bits per heavy atom. The number of benzene rings is 2. The van der Waals surface area contributed by atoms with Crippen molar-refractivity contribution in [3.8, 4) is 5.75 Å². The Bertz CT molecular complexity index is 667. The number of rotatable bonds is 6. The van der Waals surface area contributed by atoms with Crippen LogP contribution in [0.15, 0.2) is 53.6 Å². The number of anilines is 1. The molecular formula is C16H15ClN2O3. The number of carboxylic acids is 1. The molecule has 2 rings (SSSR count). The summed E-state index contributed by atoms with van der Waals surface area (Å²) in [5.74, 6) is -0.501. The minimum Gasteiger partial charge on any atom is -0.482 e. The molecule has 0 fully saturated rings.